The molecule has 1 aromatic carbocycles. The van der Waals surface area contributed by atoms with Crippen molar-refractivity contribution in [2.75, 3.05) is 10.9 Å². The molecule has 0 spiro atoms. The first-order valence-electron chi connectivity index (χ1n) is 9.59. The van der Waals surface area contributed by atoms with Crippen molar-refractivity contribution in [3.8, 4) is 23.0 Å². The minimum absolute atomic E-state index is 0.0260. The summed E-state index contributed by atoms with van der Waals surface area (Å²) in [4.78, 5) is 15.0. The molecule has 1 aromatic heterocycles. The van der Waals surface area contributed by atoms with Gasteiger partial charge in [0.2, 0.25) is 0 Å². The van der Waals surface area contributed by atoms with Crippen molar-refractivity contribution in [1.82, 2.24) is 15.6 Å². The average molecular weight is 710 g/mol. The molecule has 183 valence electrons. The van der Waals surface area contributed by atoms with Gasteiger partial charge in [0.05, 0.1) is 0 Å². The Kier molecular flexibility index (Phi) is 11.1. The molecule has 0 saturated heterocycles. The number of phenols is 1. The van der Waals surface area contributed by atoms with E-state index in [2.05, 4.69) is 10.1 Å². The van der Waals surface area contributed by atoms with Crippen LogP contribution in [0.25, 0.3) is 17.0 Å². The van der Waals surface area contributed by atoms with E-state index in [9.17, 15) is 20.4 Å². The Bertz CT molecular complexity index is 1090. The molecule has 0 aliphatic carbocycles. The predicted molar refractivity (Wildman–Crippen MR) is 124 cm³/mol. The fraction of sp³-hybridized carbons (Fsp3) is 0.333. The van der Waals surface area contributed by atoms with Crippen molar-refractivity contribution in [2.24, 2.45) is 5.73 Å². The topological polar surface area (TPSA) is 188 Å². The maximum atomic E-state index is 11.5. The number of phenolic OH excluding ortho intramolecular Hbond substituents is 1. The van der Waals surface area contributed by atoms with Gasteiger partial charge in [-0.15, -0.1) is 0 Å². The molecule has 0 bridgehead atoms. The number of nitrogens with two attached hydrogens (primary N) is 1. The van der Waals surface area contributed by atoms with Crippen molar-refractivity contribution in [3.63, 3.8) is 0 Å². The number of benzene rings is 1. The van der Waals surface area contributed by atoms with Crippen molar-refractivity contribution < 1.29 is 33.3 Å². The fourth-order valence-corrected chi connectivity index (χ4v) is 4.78. The molecule has 16 heteroatoms. The van der Waals surface area contributed by atoms with E-state index in [1.165, 1.54) is 6.07 Å². The number of hydroxylamine groups is 1. The van der Waals surface area contributed by atoms with Gasteiger partial charge >= 0.3 is 162 Å². The quantitative estimate of drug-likeness (QED) is 0.0477. The number of nitrogens with zero attached hydrogens (tertiary/aromatic N) is 3. The van der Waals surface area contributed by atoms with Gasteiger partial charge in [-0.2, -0.15) is 0 Å². The zero-order chi connectivity index (χ0) is 25.4. The van der Waals surface area contributed by atoms with Gasteiger partial charge in [-0.25, -0.2) is 0 Å². The molecule has 2 aromatic rings. The predicted octanol–water partition coefficient (Wildman–Crippen LogP) is 3.66. The molecule has 0 amide bonds. The molecule has 1 atom stereocenters. The molecule has 0 aliphatic heterocycles. The summed E-state index contributed by atoms with van der Waals surface area (Å²) in [7, 11) is -2.01. The minimum atomic E-state index is -2.01. The number of hydrogen-bond acceptors (Lipinski definition) is 12. The number of halogens is 1. The second-order valence-corrected chi connectivity index (χ2v) is 9.11. The summed E-state index contributed by atoms with van der Waals surface area (Å²) in [6, 6.07) is 2.31. The van der Waals surface area contributed by atoms with Gasteiger partial charge in [-0.3, -0.25) is 10.7 Å². The van der Waals surface area contributed by atoms with E-state index in [1.54, 1.807) is 6.92 Å². The first-order chi connectivity index (χ1) is 16.2. The van der Waals surface area contributed by atoms with E-state index in [-0.39, 0.29) is 40.5 Å². The molecule has 1 heterocycles. The van der Waals surface area contributed by atoms with Gasteiger partial charge in [0.15, 0.2) is 0 Å². The molecule has 5 N–H and O–H groups in total. The fourth-order valence-electron chi connectivity index (χ4n) is 2.62. The van der Waals surface area contributed by atoms with Crippen LogP contribution in [0.5, 0.6) is 11.5 Å². The Hall–Kier alpha value is -1.88. The number of hydrogen-bond donors (Lipinski definition) is 4. The number of rotatable bonds is 12. The van der Waals surface area contributed by atoms with Crippen molar-refractivity contribution in [3.05, 3.63) is 44.4 Å². The average Bonchev–Trinajstić information content (AvgIpc) is 3.29. The number of allylic oxidation sites excluding steroid dienone is 3. The third-order valence-corrected chi connectivity index (χ3v) is 7.36. The summed E-state index contributed by atoms with van der Waals surface area (Å²) in [5.74, 6) is -1.12. The van der Waals surface area contributed by atoms with Crippen molar-refractivity contribution >= 4 is 57.2 Å². The molecular formula is C18H22ClN5O8PPb. The third kappa shape index (κ3) is 6.84. The van der Waals surface area contributed by atoms with Gasteiger partial charge in [-0.1, -0.05) is 24.1 Å². The van der Waals surface area contributed by atoms with E-state index in [4.69, 9.17) is 35.4 Å². The van der Waals surface area contributed by atoms with E-state index in [1.807, 2.05) is 19.3 Å². The Morgan fingerprint density at radius 1 is 1.41 bits per heavy atom. The van der Waals surface area contributed by atoms with Crippen molar-refractivity contribution in [1.29, 1.82) is 0 Å². The second kappa shape index (κ2) is 13.3. The molecule has 1 unspecified atom stereocenters. The Balaban J connectivity index is 2.60. The normalized spacial score (nSPS) is 13.7. The van der Waals surface area contributed by atoms with Crippen LogP contribution in [0.2, 0.25) is 0 Å². The van der Waals surface area contributed by atoms with Gasteiger partial charge in [0.25, 0.3) is 0 Å². The number of nitro groups is 1. The number of nitrogens with one attached hydrogen (secondary N) is 1. The van der Waals surface area contributed by atoms with Crippen LogP contribution in [0, 0.1) is 10.1 Å². The summed E-state index contributed by atoms with van der Waals surface area (Å²) in [6.45, 7) is 5.38. The van der Waals surface area contributed by atoms with E-state index in [0.717, 1.165) is 11.6 Å². The first-order valence-corrected chi connectivity index (χ1v) is 13.8. The Morgan fingerprint density at radius 3 is 2.68 bits per heavy atom. The molecule has 2 rings (SSSR count). The summed E-state index contributed by atoms with van der Waals surface area (Å²) in [6.07, 6.45) is 0.705. The van der Waals surface area contributed by atoms with E-state index >= 15 is 0 Å². The zero-order valence-corrected chi connectivity index (χ0v) is 23.9. The van der Waals surface area contributed by atoms with Crippen LogP contribution in [-0.4, -0.2) is 62.0 Å². The van der Waals surface area contributed by atoms with Crippen LogP contribution in [-0.2, 0) is 9.05 Å². The first kappa shape index (κ1) is 28.4. The van der Waals surface area contributed by atoms with Crippen LogP contribution in [0.15, 0.2) is 33.0 Å². The van der Waals surface area contributed by atoms with Crippen LogP contribution in [0.1, 0.15) is 33.0 Å². The summed E-state index contributed by atoms with van der Waals surface area (Å²) >= 11 is 6.81. The molecule has 0 saturated carbocycles. The van der Waals surface area contributed by atoms with E-state index < -0.39 is 25.0 Å². The molecular weight excluding hydrogens is 688 g/mol. The summed E-state index contributed by atoms with van der Waals surface area (Å²) in [5.41, 5.74) is 8.60. The van der Waals surface area contributed by atoms with Gasteiger partial charge in [0.1, 0.15) is 0 Å². The van der Waals surface area contributed by atoms with Crippen molar-refractivity contribution in [2.45, 2.75) is 27.2 Å². The molecule has 0 aliphatic rings. The maximum absolute atomic E-state index is 11.5. The van der Waals surface area contributed by atoms with Crippen LogP contribution in [0.3, 0.4) is 0 Å². The summed E-state index contributed by atoms with van der Waals surface area (Å²) < 4.78 is 21.6. The van der Waals surface area contributed by atoms with Gasteiger partial charge in [-0.05, 0) is 20.3 Å². The molecule has 3 radical (unpaired) electrons. The van der Waals surface area contributed by atoms with E-state index in [0.29, 0.717) is 41.9 Å². The Labute approximate surface area is 216 Å². The third-order valence-electron chi connectivity index (χ3n) is 4.53. The van der Waals surface area contributed by atoms with Crippen LogP contribution >= 0.6 is 20.2 Å². The van der Waals surface area contributed by atoms with Gasteiger partial charge < -0.3 is 0 Å². The monoisotopic (exact) mass is 710 g/mol. The number of aromatic nitrogens is 2. The standard InChI is InChI=1S/C18H22ClN5O8P.Pb/c1-5-9(2)10(3)14(16(19)22-26)17-21-18(31-23-17)11-6-12(24(27)28)15(25)13(7-11)32-33(29-4)30-8-20;/h6-7,22,25-26H,4-5,8,20H2,1-3H3;/b10-9-,16-14+;. The Morgan fingerprint density at radius 2 is 2.12 bits per heavy atom. The molecule has 34 heavy (non-hydrogen) atoms. The summed E-state index contributed by atoms with van der Waals surface area (Å²) in [5, 5.41) is 35.0. The number of nitro benzene ring substituents is 1. The zero-order valence-electron chi connectivity index (χ0n) is 18.4. The van der Waals surface area contributed by atoms with Gasteiger partial charge in [0, 0.05) is 0 Å². The second-order valence-electron chi connectivity index (χ2n) is 6.47. The molecule has 13 nitrogen and oxygen atoms in total. The number of aromatic hydroxyl groups is 1. The SMILES string of the molecule is CC/C(C)=C(C)\C(=C(\Cl)NO)c1noc(-c2cc(OP(OCN)O[CH2][Pb])c(O)c([N+](=O)[O-])c2)n1. The molecule has 0 fully saturated rings. The van der Waals surface area contributed by atoms with Crippen LogP contribution in [0.4, 0.5) is 5.69 Å². The van der Waals surface area contributed by atoms with Crippen LogP contribution < -0.4 is 15.7 Å².